The molecule has 5 aromatic rings. The van der Waals surface area contributed by atoms with E-state index in [1.54, 1.807) is 24.8 Å². The summed E-state index contributed by atoms with van der Waals surface area (Å²) in [7, 11) is 6.19. The molecule has 0 unspecified atom stereocenters. The number of aryl methyl sites for hydroxylation is 1. The van der Waals surface area contributed by atoms with E-state index in [4.69, 9.17) is 18.3 Å². The predicted octanol–water partition coefficient (Wildman–Crippen LogP) is 3.58. The van der Waals surface area contributed by atoms with E-state index in [9.17, 15) is 0 Å². The third kappa shape index (κ3) is 3.56. The van der Waals surface area contributed by atoms with Crippen molar-refractivity contribution >= 4 is 24.8 Å². The van der Waals surface area contributed by atoms with Gasteiger partial charge in [-0.3, -0.25) is 9.97 Å². The Morgan fingerprint density at radius 2 is 1.84 bits per heavy atom. The third-order valence-electron chi connectivity index (χ3n) is 5.26. The summed E-state index contributed by atoms with van der Waals surface area (Å²) in [5, 5.41) is 4.36. The van der Waals surface area contributed by atoms with Crippen molar-refractivity contribution in [3.05, 3.63) is 78.9 Å². The molecule has 0 aliphatic rings. The quantitative estimate of drug-likeness (QED) is 0.439. The first-order valence-electron chi connectivity index (χ1n) is 10.2. The van der Waals surface area contributed by atoms with Gasteiger partial charge in [-0.05, 0) is 42.3 Å². The van der Waals surface area contributed by atoms with E-state index in [2.05, 4.69) is 27.0 Å². The maximum Gasteiger partial charge on any atom is 0.217 e. The van der Waals surface area contributed by atoms with Gasteiger partial charge >= 0.3 is 0 Å². The van der Waals surface area contributed by atoms with Crippen LogP contribution in [0.3, 0.4) is 0 Å². The minimum atomic E-state index is 0.233. The summed E-state index contributed by atoms with van der Waals surface area (Å²) in [6.07, 6.45) is 7.93. The molecular weight excluding hydrogens is 399 g/mol. The fourth-order valence-corrected chi connectivity index (χ4v) is 3.43. The molecule has 0 saturated heterocycles. The maximum absolute atomic E-state index is 6.24. The highest BCUT2D eigenvalue weighted by Crippen LogP contribution is 2.28. The van der Waals surface area contributed by atoms with Crippen LogP contribution in [0.25, 0.3) is 28.0 Å². The molecule has 32 heavy (non-hydrogen) atoms. The first kappa shape index (κ1) is 19.7. The fraction of sp³-hybridized carbons (Fsp3) is 0.0833. The van der Waals surface area contributed by atoms with Crippen molar-refractivity contribution in [3.8, 4) is 34.0 Å². The van der Waals surface area contributed by atoms with Crippen LogP contribution in [0.15, 0.2) is 73.3 Å². The maximum atomic E-state index is 6.24. The molecule has 0 fully saturated rings. The van der Waals surface area contributed by atoms with Gasteiger partial charge in [0.1, 0.15) is 19.4 Å². The summed E-state index contributed by atoms with van der Waals surface area (Å²) in [4.78, 5) is 13.3. The van der Waals surface area contributed by atoms with Crippen molar-refractivity contribution in [1.29, 1.82) is 0 Å². The van der Waals surface area contributed by atoms with Gasteiger partial charge in [0.05, 0.1) is 11.9 Å². The Bertz CT molecular complexity index is 1380. The lowest BCUT2D eigenvalue weighted by Crippen LogP contribution is -2.19. The average molecular weight is 418 g/mol. The summed E-state index contributed by atoms with van der Waals surface area (Å²) in [5.41, 5.74) is 11.6. The SMILES string of the molecule is [B]c1c(Oc2ccc(CC)cc2)nc2c(-c3ccc(-c4cccnc4)nc3)cnn2c1N. The van der Waals surface area contributed by atoms with E-state index in [0.29, 0.717) is 11.4 Å². The molecule has 0 saturated carbocycles. The molecule has 154 valence electrons. The highest BCUT2D eigenvalue weighted by Gasteiger charge is 2.16. The Balaban J connectivity index is 1.53. The first-order valence-corrected chi connectivity index (χ1v) is 10.2. The van der Waals surface area contributed by atoms with Crippen molar-refractivity contribution < 1.29 is 4.74 Å². The number of hydrogen-bond donors (Lipinski definition) is 1. The average Bonchev–Trinajstić information content (AvgIpc) is 3.27. The highest BCUT2D eigenvalue weighted by atomic mass is 16.5. The Morgan fingerprint density at radius 3 is 2.53 bits per heavy atom. The fourth-order valence-electron chi connectivity index (χ4n) is 3.43. The number of nitrogens with zero attached hydrogens (tertiary/aromatic N) is 5. The molecule has 1 aromatic carbocycles. The summed E-state index contributed by atoms with van der Waals surface area (Å²) in [6.45, 7) is 2.10. The molecule has 0 spiro atoms. The molecule has 0 aliphatic heterocycles. The standard InChI is InChI=1S/C24H19BN6O/c1-2-15-5-8-18(9-6-15)32-24-21(25)22(26)31-23(30-24)19(14-29-31)16-7-10-20(28-13-16)17-4-3-11-27-12-17/h3-14H,2,26H2,1H3. The van der Waals surface area contributed by atoms with E-state index in [-0.39, 0.29) is 17.2 Å². The van der Waals surface area contributed by atoms with E-state index >= 15 is 0 Å². The van der Waals surface area contributed by atoms with Crippen LogP contribution in [0, 0.1) is 0 Å². The van der Waals surface area contributed by atoms with E-state index in [1.165, 1.54) is 10.1 Å². The van der Waals surface area contributed by atoms with Crippen LogP contribution in [0.4, 0.5) is 5.82 Å². The Morgan fingerprint density at radius 1 is 1.00 bits per heavy atom. The lowest BCUT2D eigenvalue weighted by Gasteiger charge is -2.12. The number of ether oxygens (including phenoxy) is 1. The Hall–Kier alpha value is -4.20. The van der Waals surface area contributed by atoms with Crippen LogP contribution in [-0.2, 0) is 6.42 Å². The van der Waals surface area contributed by atoms with E-state index < -0.39 is 0 Å². The second-order valence-electron chi connectivity index (χ2n) is 7.28. The molecule has 2 N–H and O–H groups in total. The number of aromatic nitrogens is 5. The van der Waals surface area contributed by atoms with E-state index in [0.717, 1.165) is 28.8 Å². The van der Waals surface area contributed by atoms with E-state index in [1.807, 2.05) is 48.5 Å². The largest absolute Gasteiger partial charge is 0.439 e. The first-order chi connectivity index (χ1) is 15.6. The van der Waals surface area contributed by atoms with Crippen LogP contribution in [0.5, 0.6) is 11.6 Å². The topological polar surface area (TPSA) is 91.2 Å². The van der Waals surface area contributed by atoms with Crippen LogP contribution in [0.2, 0.25) is 0 Å². The van der Waals surface area contributed by atoms with Gasteiger partial charge in [-0.1, -0.05) is 25.1 Å². The van der Waals surface area contributed by atoms with Crippen molar-refractivity contribution in [2.24, 2.45) is 0 Å². The molecule has 4 aromatic heterocycles. The number of pyridine rings is 2. The van der Waals surface area contributed by atoms with Crippen LogP contribution in [0.1, 0.15) is 12.5 Å². The Labute approximate surface area is 186 Å². The van der Waals surface area contributed by atoms with Crippen molar-refractivity contribution in [2.75, 3.05) is 5.73 Å². The number of nitrogens with two attached hydrogens (primary N) is 1. The second-order valence-corrected chi connectivity index (χ2v) is 7.28. The molecule has 4 heterocycles. The molecule has 2 radical (unpaired) electrons. The minimum Gasteiger partial charge on any atom is -0.439 e. The predicted molar refractivity (Wildman–Crippen MR) is 125 cm³/mol. The molecule has 8 heteroatoms. The van der Waals surface area contributed by atoms with Gasteiger partial charge in [0.25, 0.3) is 0 Å². The number of benzene rings is 1. The van der Waals surface area contributed by atoms with Gasteiger partial charge in [-0.15, -0.1) is 0 Å². The number of nitrogen functional groups attached to an aromatic ring is 1. The lowest BCUT2D eigenvalue weighted by molar-refractivity contribution is 0.467. The monoisotopic (exact) mass is 418 g/mol. The van der Waals surface area contributed by atoms with Gasteiger partial charge in [0.2, 0.25) is 5.88 Å². The summed E-state index contributed by atoms with van der Waals surface area (Å²) in [5.74, 6) is 1.14. The molecule has 0 aliphatic carbocycles. The summed E-state index contributed by atoms with van der Waals surface area (Å²) >= 11 is 0. The van der Waals surface area contributed by atoms with Crippen LogP contribution < -0.4 is 15.9 Å². The summed E-state index contributed by atoms with van der Waals surface area (Å²) in [6, 6.07) is 15.5. The van der Waals surface area contributed by atoms with Gasteiger partial charge in [-0.25, -0.2) is 0 Å². The molecule has 7 nitrogen and oxygen atoms in total. The third-order valence-corrected chi connectivity index (χ3v) is 5.26. The molecular formula is C24H19BN6O. The number of anilines is 1. The zero-order chi connectivity index (χ0) is 22.1. The number of hydrogen-bond acceptors (Lipinski definition) is 6. The molecule has 0 amide bonds. The molecule has 0 atom stereocenters. The summed E-state index contributed by atoms with van der Waals surface area (Å²) < 4.78 is 7.46. The zero-order valence-corrected chi connectivity index (χ0v) is 17.4. The Kier molecular flexibility index (Phi) is 5.03. The number of fused-ring (bicyclic) bond motifs is 1. The minimum absolute atomic E-state index is 0.233. The normalized spacial score (nSPS) is 11.0. The molecule has 0 bridgehead atoms. The second kappa shape index (κ2) is 8.15. The number of rotatable bonds is 5. The van der Waals surface area contributed by atoms with Gasteiger partial charge in [-0.2, -0.15) is 14.6 Å². The lowest BCUT2D eigenvalue weighted by atomic mass is 9.98. The van der Waals surface area contributed by atoms with Gasteiger partial charge in [0, 0.05) is 40.7 Å². The van der Waals surface area contributed by atoms with Gasteiger partial charge < -0.3 is 10.5 Å². The molecule has 5 rings (SSSR count). The highest BCUT2D eigenvalue weighted by molar-refractivity contribution is 6.37. The van der Waals surface area contributed by atoms with Gasteiger partial charge in [0.15, 0.2) is 5.65 Å². The zero-order valence-electron chi connectivity index (χ0n) is 17.4. The van der Waals surface area contributed by atoms with Crippen LogP contribution >= 0.6 is 0 Å². The van der Waals surface area contributed by atoms with Crippen molar-refractivity contribution in [3.63, 3.8) is 0 Å². The van der Waals surface area contributed by atoms with Crippen molar-refractivity contribution in [2.45, 2.75) is 13.3 Å². The van der Waals surface area contributed by atoms with Crippen LogP contribution in [-0.4, -0.2) is 32.4 Å². The van der Waals surface area contributed by atoms with Crippen molar-refractivity contribution in [1.82, 2.24) is 24.6 Å². The smallest absolute Gasteiger partial charge is 0.217 e.